The highest BCUT2D eigenvalue weighted by Gasteiger charge is 2.55. The van der Waals surface area contributed by atoms with Crippen molar-refractivity contribution in [1.82, 2.24) is 10.2 Å². The maximum absolute atomic E-state index is 13.4. The zero-order valence-electron chi connectivity index (χ0n) is 15.8. The van der Waals surface area contributed by atoms with Crippen LogP contribution in [0.1, 0.15) is 77.6 Å². The van der Waals surface area contributed by atoms with Gasteiger partial charge in [0, 0.05) is 25.6 Å². The lowest BCUT2D eigenvalue weighted by Gasteiger charge is -2.57. The molecular weight excluding hydrogens is 312 g/mol. The van der Waals surface area contributed by atoms with Crippen LogP contribution in [0.15, 0.2) is 0 Å². The number of hydrogen-bond donors (Lipinski definition) is 1. The summed E-state index contributed by atoms with van der Waals surface area (Å²) in [5, 5.41) is 3.17. The van der Waals surface area contributed by atoms with Gasteiger partial charge in [0.05, 0.1) is 5.41 Å². The molecule has 4 aliphatic carbocycles. The predicted octanol–water partition coefficient (Wildman–Crippen LogP) is 3.50. The standard InChI is InChI=1S/C21H34N2O2/c1-2-3-4-19(24)22-18-5-7-23(8-6-18)20(25)21-12-15-9-16(13-21)11-17(10-15)14-21/h15-18H,2-14H2,1H3,(H,22,24). The molecule has 0 spiro atoms. The normalized spacial score (nSPS) is 37.3. The molecule has 0 atom stereocenters. The average Bonchev–Trinajstić information content (AvgIpc) is 2.59. The van der Waals surface area contributed by atoms with Crippen LogP contribution in [0.2, 0.25) is 0 Å². The fraction of sp³-hybridized carbons (Fsp3) is 0.905. The largest absolute Gasteiger partial charge is 0.353 e. The fourth-order valence-electron chi connectivity index (χ4n) is 6.57. The van der Waals surface area contributed by atoms with E-state index in [1.807, 2.05) is 0 Å². The highest BCUT2D eigenvalue weighted by Crippen LogP contribution is 2.60. The van der Waals surface area contributed by atoms with Crippen LogP contribution in [0.4, 0.5) is 0 Å². The van der Waals surface area contributed by atoms with Crippen molar-refractivity contribution in [3.63, 3.8) is 0 Å². The first kappa shape index (κ1) is 17.4. The molecule has 0 unspecified atom stereocenters. The van der Waals surface area contributed by atoms with Crippen LogP contribution in [0, 0.1) is 23.2 Å². The molecular formula is C21H34N2O2. The Bertz CT molecular complexity index is 487. The molecule has 0 aromatic heterocycles. The van der Waals surface area contributed by atoms with E-state index >= 15 is 0 Å². The molecule has 5 rings (SSSR count). The number of unbranched alkanes of at least 4 members (excludes halogenated alkanes) is 1. The summed E-state index contributed by atoms with van der Waals surface area (Å²) in [6.45, 7) is 3.78. The van der Waals surface area contributed by atoms with Crippen molar-refractivity contribution in [2.24, 2.45) is 23.2 Å². The third-order valence-electron chi connectivity index (χ3n) is 7.40. The van der Waals surface area contributed by atoms with Gasteiger partial charge in [-0.05, 0) is 75.5 Å². The Morgan fingerprint density at radius 3 is 2.08 bits per heavy atom. The molecule has 0 radical (unpaired) electrons. The monoisotopic (exact) mass is 346 g/mol. The number of piperidine rings is 1. The van der Waals surface area contributed by atoms with E-state index in [-0.39, 0.29) is 17.4 Å². The number of nitrogens with one attached hydrogen (secondary N) is 1. The van der Waals surface area contributed by atoms with Gasteiger partial charge in [-0.2, -0.15) is 0 Å². The Morgan fingerprint density at radius 2 is 1.56 bits per heavy atom. The summed E-state index contributed by atoms with van der Waals surface area (Å²) in [6.07, 6.45) is 12.2. The first-order valence-corrected chi connectivity index (χ1v) is 10.7. The van der Waals surface area contributed by atoms with Crippen LogP contribution < -0.4 is 5.32 Å². The first-order chi connectivity index (χ1) is 12.1. The van der Waals surface area contributed by atoms with E-state index < -0.39 is 0 Å². The van der Waals surface area contributed by atoms with Crippen LogP contribution >= 0.6 is 0 Å². The topological polar surface area (TPSA) is 49.4 Å². The van der Waals surface area contributed by atoms with Gasteiger partial charge in [-0.1, -0.05) is 13.3 Å². The van der Waals surface area contributed by atoms with Crippen LogP contribution in [0.25, 0.3) is 0 Å². The lowest BCUT2D eigenvalue weighted by molar-refractivity contribution is -0.158. The molecule has 0 aromatic rings. The summed E-state index contributed by atoms with van der Waals surface area (Å²) < 4.78 is 0. The summed E-state index contributed by atoms with van der Waals surface area (Å²) in [5.74, 6) is 3.12. The number of likely N-dealkylation sites (tertiary alicyclic amines) is 1. The van der Waals surface area contributed by atoms with Gasteiger partial charge in [-0.3, -0.25) is 9.59 Å². The molecule has 0 aromatic carbocycles. The quantitative estimate of drug-likeness (QED) is 0.828. The zero-order chi connectivity index (χ0) is 17.4. The smallest absolute Gasteiger partial charge is 0.228 e. The summed E-state index contributed by atoms with van der Waals surface area (Å²) in [7, 11) is 0. The molecule has 5 aliphatic rings. The van der Waals surface area contributed by atoms with Crippen molar-refractivity contribution < 1.29 is 9.59 Å². The summed E-state index contributed by atoms with van der Waals surface area (Å²) in [5.41, 5.74) is -0.00798. The molecule has 5 fully saturated rings. The number of carbonyl (C=O) groups is 2. The minimum Gasteiger partial charge on any atom is -0.353 e. The van der Waals surface area contributed by atoms with Crippen molar-refractivity contribution in [3.8, 4) is 0 Å². The second-order valence-electron chi connectivity index (χ2n) is 9.44. The van der Waals surface area contributed by atoms with E-state index in [0.29, 0.717) is 12.3 Å². The van der Waals surface area contributed by atoms with E-state index in [0.717, 1.165) is 75.8 Å². The molecule has 4 heteroatoms. The molecule has 140 valence electrons. The molecule has 1 heterocycles. The number of carbonyl (C=O) groups excluding carboxylic acids is 2. The maximum atomic E-state index is 13.4. The van der Waals surface area contributed by atoms with Crippen molar-refractivity contribution in [3.05, 3.63) is 0 Å². The van der Waals surface area contributed by atoms with Crippen molar-refractivity contribution in [2.75, 3.05) is 13.1 Å². The van der Waals surface area contributed by atoms with Crippen LogP contribution in [0.5, 0.6) is 0 Å². The second-order valence-corrected chi connectivity index (χ2v) is 9.44. The summed E-state index contributed by atoms with van der Waals surface area (Å²) >= 11 is 0. The Hall–Kier alpha value is -1.06. The molecule has 1 saturated heterocycles. The molecule has 2 amide bonds. The van der Waals surface area contributed by atoms with E-state index in [1.54, 1.807) is 0 Å². The van der Waals surface area contributed by atoms with Gasteiger partial charge in [0.15, 0.2) is 0 Å². The minimum absolute atomic E-state index is 0.00798. The Balaban J connectivity index is 1.31. The number of hydrogen-bond acceptors (Lipinski definition) is 2. The Kier molecular flexibility index (Phi) is 4.81. The Morgan fingerprint density at radius 1 is 1.00 bits per heavy atom. The zero-order valence-corrected chi connectivity index (χ0v) is 15.8. The number of amides is 2. The van der Waals surface area contributed by atoms with Gasteiger partial charge >= 0.3 is 0 Å². The molecule has 4 bridgehead atoms. The van der Waals surface area contributed by atoms with Gasteiger partial charge in [-0.15, -0.1) is 0 Å². The third kappa shape index (κ3) is 3.46. The molecule has 4 nitrogen and oxygen atoms in total. The SMILES string of the molecule is CCCCC(=O)NC1CCN(C(=O)C23CC4CC(CC(C4)C2)C3)CC1. The van der Waals surface area contributed by atoms with Crippen molar-refractivity contribution in [2.45, 2.75) is 83.6 Å². The van der Waals surface area contributed by atoms with E-state index in [4.69, 9.17) is 0 Å². The van der Waals surface area contributed by atoms with Crippen LogP contribution in [-0.4, -0.2) is 35.8 Å². The molecule has 1 N–H and O–H groups in total. The van der Waals surface area contributed by atoms with Gasteiger partial charge in [-0.25, -0.2) is 0 Å². The van der Waals surface area contributed by atoms with Crippen LogP contribution in [-0.2, 0) is 9.59 Å². The van der Waals surface area contributed by atoms with Gasteiger partial charge in [0.2, 0.25) is 11.8 Å². The average molecular weight is 347 g/mol. The first-order valence-electron chi connectivity index (χ1n) is 10.7. The minimum atomic E-state index is -0.00798. The van der Waals surface area contributed by atoms with Gasteiger partial charge < -0.3 is 10.2 Å². The molecule has 1 aliphatic heterocycles. The third-order valence-corrected chi connectivity index (χ3v) is 7.40. The molecule has 25 heavy (non-hydrogen) atoms. The van der Waals surface area contributed by atoms with Gasteiger partial charge in [0.1, 0.15) is 0 Å². The van der Waals surface area contributed by atoms with Crippen LogP contribution in [0.3, 0.4) is 0 Å². The predicted molar refractivity (Wildman–Crippen MR) is 97.9 cm³/mol. The second kappa shape index (κ2) is 6.92. The van der Waals surface area contributed by atoms with E-state index in [9.17, 15) is 9.59 Å². The van der Waals surface area contributed by atoms with Gasteiger partial charge in [0.25, 0.3) is 0 Å². The van der Waals surface area contributed by atoms with E-state index in [1.165, 1.54) is 19.3 Å². The summed E-state index contributed by atoms with van der Waals surface area (Å²) in [4.78, 5) is 27.4. The lowest BCUT2D eigenvalue weighted by Crippen LogP contribution is -2.56. The van der Waals surface area contributed by atoms with Crippen molar-refractivity contribution >= 4 is 11.8 Å². The fourth-order valence-corrected chi connectivity index (χ4v) is 6.57. The number of nitrogens with zero attached hydrogens (tertiary/aromatic N) is 1. The molecule has 4 saturated carbocycles. The van der Waals surface area contributed by atoms with Crippen molar-refractivity contribution in [1.29, 1.82) is 0 Å². The maximum Gasteiger partial charge on any atom is 0.228 e. The number of rotatable bonds is 5. The highest BCUT2D eigenvalue weighted by atomic mass is 16.2. The van der Waals surface area contributed by atoms with E-state index in [2.05, 4.69) is 17.1 Å². The highest BCUT2D eigenvalue weighted by molar-refractivity contribution is 5.83. The lowest BCUT2D eigenvalue weighted by atomic mass is 9.49. The Labute approximate surface area is 152 Å². The summed E-state index contributed by atoms with van der Waals surface area (Å²) in [6, 6.07) is 0.268.